The summed E-state index contributed by atoms with van der Waals surface area (Å²) < 4.78 is 11.1. The van der Waals surface area contributed by atoms with E-state index in [0.717, 1.165) is 11.3 Å². The summed E-state index contributed by atoms with van der Waals surface area (Å²) in [6.45, 7) is 0. The minimum Gasteiger partial charge on any atom is -0.493 e. The Morgan fingerprint density at radius 1 is 1.00 bits per heavy atom. The third kappa shape index (κ3) is 4.82. The van der Waals surface area contributed by atoms with Crippen LogP contribution in [0.1, 0.15) is 5.56 Å². The quantitative estimate of drug-likeness (QED) is 0.369. The van der Waals surface area contributed by atoms with Gasteiger partial charge in [0, 0.05) is 12.1 Å². The Labute approximate surface area is 156 Å². The third-order valence-corrected chi connectivity index (χ3v) is 3.64. The first kappa shape index (κ1) is 17.9. The third-order valence-electron chi connectivity index (χ3n) is 3.64. The summed E-state index contributed by atoms with van der Waals surface area (Å²) in [5.41, 5.74) is 4.66. The molecule has 0 aliphatic heterocycles. The van der Waals surface area contributed by atoms with Crippen LogP contribution < -0.4 is 14.9 Å². The normalized spacial score (nSPS) is 10.6. The van der Waals surface area contributed by atoms with Crippen molar-refractivity contribution >= 4 is 17.6 Å². The largest absolute Gasteiger partial charge is 0.493 e. The maximum Gasteiger partial charge on any atom is 0.269 e. The number of hydrazone groups is 1. The highest BCUT2D eigenvalue weighted by Crippen LogP contribution is 2.32. The molecule has 3 aromatic carbocycles. The lowest BCUT2D eigenvalue weighted by molar-refractivity contribution is -0.384. The fraction of sp³-hybridized carbons (Fsp3) is 0.0500. The zero-order chi connectivity index (χ0) is 19.1. The maximum atomic E-state index is 10.7. The fourth-order valence-corrected chi connectivity index (χ4v) is 2.31. The molecule has 0 unspecified atom stereocenters. The molecule has 0 fully saturated rings. The lowest BCUT2D eigenvalue weighted by Gasteiger charge is -2.11. The number of non-ortho nitro benzene ring substituents is 1. The number of nitro benzene ring substituents is 1. The van der Waals surface area contributed by atoms with Crippen molar-refractivity contribution in [1.82, 2.24) is 0 Å². The van der Waals surface area contributed by atoms with Crippen molar-refractivity contribution in [1.29, 1.82) is 0 Å². The van der Waals surface area contributed by atoms with Crippen molar-refractivity contribution in [2.24, 2.45) is 5.10 Å². The highest BCUT2D eigenvalue weighted by atomic mass is 16.6. The van der Waals surface area contributed by atoms with E-state index in [-0.39, 0.29) is 5.69 Å². The SMILES string of the molecule is COc1cc(C=NNc2ccccc2)ccc1Oc1ccc([N+](=O)[O-])cc1. The number of nitro groups is 1. The number of ether oxygens (including phenoxy) is 2. The van der Waals surface area contributed by atoms with Gasteiger partial charge in [-0.1, -0.05) is 18.2 Å². The Morgan fingerprint density at radius 2 is 1.74 bits per heavy atom. The van der Waals surface area contributed by atoms with Gasteiger partial charge in [-0.05, 0) is 48.0 Å². The molecule has 0 aliphatic rings. The van der Waals surface area contributed by atoms with Crippen LogP contribution in [0.4, 0.5) is 11.4 Å². The van der Waals surface area contributed by atoms with Crippen molar-refractivity contribution < 1.29 is 14.4 Å². The second-order valence-electron chi connectivity index (χ2n) is 5.50. The number of nitrogens with zero attached hydrogens (tertiary/aromatic N) is 2. The Balaban J connectivity index is 1.71. The van der Waals surface area contributed by atoms with E-state index in [2.05, 4.69) is 10.5 Å². The van der Waals surface area contributed by atoms with Crippen LogP contribution in [0.15, 0.2) is 77.9 Å². The maximum absolute atomic E-state index is 10.7. The van der Waals surface area contributed by atoms with E-state index in [1.165, 1.54) is 24.3 Å². The Kier molecular flexibility index (Phi) is 5.64. The predicted molar refractivity (Wildman–Crippen MR) is 104 cm³/mol. The minimum atomic E-state index is -0.456. The van der Waals surface area contributed by atoms with E-state index in [1.54, 1.807) is 25.5 Å². The molecule has 0 radical (unpaired) electrons. The zero-order valence-electron chi connectivity index (χ0n) is 14.5. The molecule has 0 heterocycles. The van der Waals surface area contributed by atoms with E-state index in [4.69, 9.17) is 9.47 Å². The Bertz CT molecular complexity index is 941. The van der Waals surface area contributed by atoms with Crippen LogP contribution >= 0.6 is 0 Å². The van der Waals surface area contributed by atoms with Gasteiger partial charge in [0.25, 0.3) is 5.69 Å². The molecule has 0 amide bonds. The predicted octanol–water partition coefficient (Wildman–Crippen LogP) is 4.84. The Hall–Kier alpha value is -3.87. The van der Waals surface area contributed by atoms with Crippen molar-refractivity contribution in [2.75, 3.05) is 12.5 Å². The molecule has 7 heteroatoms. The lowest BCUT2D eigenvalue weighted by atomic mass is 10.2. The zero-order valence-corrected chi connectivity index (χ0v) is 14.5. The molecule has 0 bridgehead atoms. The average Bonchev–Trinajstić information content (AvgIpc) is 2.70. The van der Waals surface area contributed by atoms with Gasteiger partial charge in [-0.15, -0.1) is 0 Å². The summed E-state index contributed by atoms with van der Waals surface area (Å²) in [6, 6.07) is 20.8. The van der Waals surface area contributed by atoms with Crippen molar-refractivity contribution in [3.8, 4) is 17.2 Å². The van der Waals surface area contributed by atoms with Gasteiger partial charge < -0.3 is 9.47 Å². The Morgan fingerprint density at radius 3 is 2.41 bits per heavy atom. The molecule has 0 aliphatic carbocycles. The number of nitrogens with one attached hydrogen (secondary N) is 1. The van der Waals surface area contributed by atoms with Gasteiger partial charge in [0.1, 0.15) is 5.75 Å². The first-order chi connectivity index (χ1) is 13.2. The van der Waals surface area contributed by atoms with Crippen LogP contribution in [0.5, 0.6) is 17.2 Å². The first-order valence-corrected chi connectivity index (χ1v) is 8.10. The average molecular weight is 363 g/mol. The van der Waals surface area contributed by atoms with Gasteiger partial charge in [0.2, 0.25) is 0 Å². The van der Waals surface area contributed by atoms with Gasteiger partial charge in [0.15, 0.2) is 11.5 Å². The molecule has 0 saturated heterocycles. The number of hydrogen-bond donors (Lipinski definition) is 1. The summed E-state index contributed by atoms with van der Waals surface area (Å²) in [4.78, 5) is 10.3. The first-order valence-electron chi connectivity index (χ1n) is 8.10. The molecule has 0 atom stereocenters. The molecule has 1 N–H and O–H groups in total. The monoisotopic (exact) mass is 363 g/mol. The van der Waals surface area contributed by atoms with Gasteiger partial charge in [-0.25, -0.2) is 0 Å². The molecule has 0 aromatic heterocycles. The van der Waals surface area contributed by atoms with Crippen LogP contribution in [-0.2, 0) is 0 Å². The van der Waals surface area contributed by atoms with Gasteiger partial charge in [0.05, 0.1) is 23.9 Å². The van der Waals surface area contributed by atoms with Crippen LogP contribution in [0, 0.1) is 10.1 Å². The summed E-state index contributed by atoms with van der Waals surface area (Å²) in [5.74, 6) is 1.50. The number of anilines is 1. The van der Waals surface area contributed by atoms with Gasteiger partial charge >= 0.3 is 0 Å². The van der Waals surface area contributed by atoms with Crippen molar-refractivity contribution in [3.63, 3.8) is 0 Å². The van der Waals surface area contributed by atoms with E-state index in [0.29, 0.717) is 17.2 Å². The highest BCUT2D eigenvalue weighted by Gasteiger charge is 2.09. The molecular weight excluding hydrogens is 346 g/mol. The lowest BCUT2D eigenvalue weighted by Crippen LogP contribution is -1.94. The smallest absolute Gasteiger partial charge is 0.269 e. The van der Waals surface area contributed by atoms with E-state index in [1.807, 2.05) is 36.4 Å². The van der Waals surface area contributed by atoms with E-state index >= 15 is 0 Å². The summed E-state index contributed by atoms with van der Waals surface area (Å²) in [6.07, 6.45) is 1.67. The standard InChI is InChI=1S/C20H17N3O4/c1-26-20-13-15(14-21-22-16-5-3-2-4-6-16)7-12-19(20)27-18-10-8-17(9-11-18)23(24)25/h2-14,22H,1H3. The van der Waals surface area contributed by atoms with Crippen LogP contribution in [0.2, 0.25) is 0 Å². The van der Waals surface area contributed by atoms with E-state index < -0.39 is 4.92 Å². The minimum absolute atomic E-state index is 0.00629. The molecule has 27 heavy (non-hydrogen) atoms. The topological polar surface area (TPSA) is 86.0 Å². The van der Waals surface area contributed by atoms with Gasteiger partial charge in [-0.2, -0.15) is 5.10 Å². The van der Waals surface area contributed by atoms with Crippen LogP contribution in [0.3, 0.4) is 0 Å². The summed E-state index contributed by atoms with van der Waals surface area (Å²) in [5, 5.41) is 14.9. The summed E-state index contributed by atoms with van der Waals surface area (Å²) in [7, 11) is 1.54. The van der Waals surface area contributed by atoms with Crippen LogP contribution in [-0.4, -0.2) is 18.2 Å². The second-order valence-corrected chi connectivity index (χ2v) is 5.50. The number of para-hydroxylation sites is 1. The number of benzene rings is 3. The number of hydrogen-bond acceptors (Lipinski definition) is 6. The molecule has 0 spiro atoms. The van der Waals surface area contributed by atoms with E-state index in [9.17, 15) is 10.1 Å². The fourth-order valence-electron chi connectivity index (χ4n) is 2.31. The second kappa shape index (κ2) is 8.48. The summed E-state index contributed by atoms with van der Waals surface area (Å²) >= 11 is 0. The molecule has 0 saturated carbocycles. The van der Waals surface area contributed by atoms with Crippen LogP contribution in [0.25, 0.3) is 0 Å². The molecular formula is C20H17N3O4. The molecule has 3 rings (SSSR count). The van der Waals surface area contributed by atoms with Gasteiger partial charge in [-0.3, -0.25) is 15.5 Å². The highest BCUT2D eigenvalue weighted by molar-refractivity contribution is 5.81. The van der Waals surface area contributed by atoms with Crippen molar-refractivity contribution in [3.05, 3.63) is 88.5 Å². The number of rotatable bonds is 7. The van der Waals surface area contributed by atoms with Crippen molar-refractivity contribution in [2.45, 2.75) is 0 Å². The molecule has 7 nitrogen and oxygen atoms in total. The molecule has 3 aromatic rings. The molecule has 136 valence electrons. The number of methoxy groups -OCH3 is 1.